The number of imidazole rings is 1. The highest BCUT2D eigenvalue weighted by Gasteiger charge is 2.35. The van der Waals surface area contributed by atoms with Crippen molar-refractivity contribution >= 4 is 35.0 Å². The molecule has 228 valence electrons. The number of benzene rings is 2. The van der Waals surface area contributed by atoms with Gasteiger partial charge < -0.3 is 34.8 Å². The molecule has 1 aromatic heterocycles. The van der Waals surface area contributed by atoms with Gasteiger partial charge >= 0.3 is 0 Å². The number of ether oxygens (including phenoxy) is 1. The van der Waals surface area contributed by atoms with Crippen molar-refractivity contribution in [3.63, 3.8) is 0 Å². The molecule has 0 unspecified atom stereocenters. The maximum Gasteiger partial charge on any atom is 0.291 e. The number of piperidine rings is 1. The molecule has 3 heterocycles. The maximum atomic E-state index is 14.6. The molecule has 2 aliphatic heterocycles. The Morgan fingerprint density at radius 3 is 2.49 bits per heavy atom. The summed E-state index contributed by atoms with van der Waals surface area (Å²) in [4.78, 5) is 46.4. The van der Waals surface area contributed by atoms with Gasteiger partial charge in [0.05, 0.1) is 41.6 Å². The Morgan fingerprint density at radius 1 is 1.09 bits per heavy atom. The molecule has 0 bridgehead atoms. The Balaban J connectivity index is 1.22. The fraction of sp³-hybridized carbons (Fsp3) is 0.379. The van der Waals surface area contributed by atoms with Crippen LogP contribution in [0.5, 0.6) is 5.75 Å². The van der Waals surface area contributed by atoms with Crippen LogP contribution in [0.4, 0.5) is 14.5 Å². The number of aliphatic hydroxyl groups excluding tert-OH is 1. The van der Waals surface area contributed by atoms with Crippen LogP contribution in [-0.4, -0.2) is 94.7 Å². The number of rotatable bonds is 6. The van der Waals surface area contributed by atoms with Gasteiger partial charge in [-0.05, 0) is 43.3 Å². The van der Waals surface area contributed by atoms with Crippen LogP contribution in [0.1, 0.15) is 27.4 Å². The van der Waals surface area contributed by atoms with Gasteiger partial charge in [0.1, 0.15) is 0 Å². The van der Waals surface area contributed by atoms with E-state index >= 15 is 0 Å². The number of β-amino-alcohol motifs (C(OH)–C–C–N with tert-alkyl or cyclic N) is 1. The highest BCUT2D eigenvalue weighted by molar-refractivity contribution is 6.34. The molecule has 5 rings (SSSR count). The quantitative estimate of drug-likeness (QED) is 0.388. The predicted octanol–water partition coefficient (Wildman–Crippen LogP) is 2.53. The molecule has 43 heavy (non-hydrogen) atoms. The number of aromatic nitrogens is 2. The number of hydrogen-bond acceptors (Lipinski definition) is 7. The van der Waals surface area contributed by atoms with E-state index in [0.29, 0.717) is 51.4 Å². The van der Waals surface area contributed by atoms with E-state index in [1.54, 1.807) is 9.80 Å². The highest BCUT2D eigenvalue weighted by Crippen LogP contribution is 2.30. The summed E-state index contributed by atoms with van der Waals surface area (Å²) in [6.45, 7) is 2.41. The summed E-state index contributed by atoms with van der Waals surface area (Å²) < 4.78 is 35.0. The van der Waals surface area contributed by atoms with Gasteiger partial charge in [0, 0.05) is 51.0 Å². The summed E-state index contributed by atoms with van der Waals surface area (Å²) in [5.74, 6) is -4.06. The zero-order chi connectivity index (χ0) is 30.8. The summed E-state index contributed by atoms with van der Waals surface area (Å²) >= 11 is 6.44. The molecule has 3 N–H and O–H groups in total. The van der Waals surface area contributed by atoms with E-state index < -0.39 is 29.6 Å². The third kappa shape index (κ3) is 6.05. The second-order valence-corrected chi connectivity index (χ2v) is 10.8. The molecule has 2 aromatic carbocycles. The number of piperazine rings is 1. The summed E-state index contributed by atoms with van der Waals surface area (Å²) in [5, 5.41) is 16.0. The molecule has 0 radical (unpaired) electrons. The number of halogens is 3. The van der Waals surface area contributed by atoms with Crippen molar-refractivity contribution in [1.82, 2.24) is 24.7 Å². The summed E-state index contributed by atoms with van der Waals surface area (Å²) in [7, 11) is 2.72. The fourth-order valence-electron chi connectivity index (χ4n) is 5.38. The van der Waals surface area contributed by atoms with Crippen molar-refractivity contribution in [3.8, 4) is 17.0 Å². The molecule has 2 fully saturated rings. The third-order valence-corrected chi connectivity index (χ3v) is 8.15. The maximum absolute atomic E-state index is 14.6. The van der Waals surface area contributed by atoms with Crippen LogP contribution in [0.2, 0.25) is 5.02 Å². The standard InChI is InChI=1S/C29H31ClF2N6O5/c1-36-21(18-5-6-23(43-2)25(32)24(18)31)14-34-26(36)27(40)35-16-3-4-17(20(30)13-16)28(41)37-9-11-38(12-10-37)29(42)19-7-8-33-15-22(19)39/h3-6,13-14,19,22,33,39H,7-12,15H2,1-2H3,(H,35,40)/t19-,22-/m0/s1. The van der Waals surface area contributed by atoms with Gasteiger partial charge in [-0.25, -0.2) is 9.37 Å². The second-order valence-electron chi connectivity index (χ2n) is 10.4. The Kier molecular flexibility index (Phi) is 8.95. The topological polar surface area (TPSA) is 129 Å². The number of nitrogens with zero attached hydrogens (tertiary/aromatic N) is 4. The molecule has 0 saturated carbocycles. The molecule has 0 spiro atoms. The normalized spacial score (nSPS) is 18.8. The molecule has 11 nitrogen and oxygen atoms in total. The van der Waals surface area contributed by atoms with Gasteiger partial charge in [-0.3, -0.25) is 14.4 Å². The number of methoxy groups -OCH3 is 1. The van der Waals surface area contributed by atoms with E-state index in [0.717, 1.165) is 0 Å². The largest absolute Gasteiger partial charge is 0.494 e. The Bertz CT molecular complexity index is 1560. The molecule has 14 heteroatoms. The second kappa shape index (κ2) is 12.7. The van der Waals surface area contributed by atoms with Gasteiger partial charge in [-0.15, -0.1) is 0 Å². The van der Waals surface area contributed by atoms with Crippen molar-refractivity contribution in [1.29, 1.82) is 0 Å². The van der Waals surface area contributed by atoms with Crippen molar-refractivity contribution < 1.29 is 33.0 Å². The van der Waals surface area contributed by atoms with E-state index in [1.165, 1.54) is 55.3 Å². The van der Waals surface area contributed by atoms with E-state index in [9.17, 15) is 28.3 Å². The zero-order valence-electron chi connectivity index (χ0n) is 23.6. The average molecular weight is 617 g/mol. The number of carbonyl (C=O) groups is 3. The summed E-state index contributed by atoms with van der Waals surface area (Å²) in [6, 6.07) is 7.08. The molecule has 3 aromatic rings. The smallest absolute Gasteiger partial charge is 0.291 e. The number of carbonyl (C=O) groups excluding carboxylic acids is 3. The number of amides is 3. The van der Waals surface area contributed by atoms with Crippen molar-refractivity contribution in [2.75, 3.05) is 51.7 Å². The number of hydrogen-bond donors (Lipinski definition) is 3. The predicted molar refractivity (Wildman–Crippen MR) is 154 cm³/mol. The number of nitrogens with one attached hydrogen (secondary N) is 2. The van der Waals surface area contributed by atoms with Gasteiger partial charge in [0.25, 0.3) is 11.8 Å². The SMILES string of the molecule is COc1ccc(-c2cnc(C(=O)Nc3ccc(C(=O)N4CCN(C(=O)[C@H]5CCNC[C@@H]5O)CC4)c(Cl)c3)n2C)c(F)c1F. The number of aliphatic hydroxyl groups is 1. The first-order valence-corrected chi connectivity index (χ1v) is 14.1. The molecule has 0 aliphatic carbocycles. The third-order valence-electron chi connectivity index (χ3n) is 7.84. The lowest BCUT2D eigenvalue weighted by atomic mass is 9.93. The van der Waals surface area contributed by atoms with Crippen molar-refractivity contribution in [3.05, 3.63) is 64.6 Å². The van der Waals surface area contributed by atoms with E-state index in [2.05, 4.69) is 15.6 Å². The summed E-state index contributed by atoms with van der Waals surface area (Å²) in [5.41, 5.74) is 0.627. The van der Waals surface area contributed by atoms with Crippen LogP contribution in [0.25, 0.3) is 11.3 Å². The molecule has 2 saturated heterocycles. The van der Waals surface area contributed by atoms with Crippen LogP contribution in [0, 0.1) is 17.6 Å². The van der Waals surface area contributed by atoms with Gasteiger partial charge in [-0.2, -0.15) is 4.39 Å². The first-order valence-electron chi connectivity index (χ1n) is 13.7. The van der Waals surface area contributed by atoms with Crippen molar-refractivity contribution in [2.45, 2.75) is 12.5 Å². The lowest BCUT2D eigenvalue weighted by Gasteiger charge is -2.38. The molecular formula is C29H31ClF2N6O5. The van der Waals surface area contributed by atoms with Gasteiger partial charge in [0.2, 0.25) is 11.7 Å². The average Bonchev–Trinajstić information content (AvgIpc) is 3.39. The lowest BCUT2D eigenvalue weighted by molar-refractivity contribution is -0.141. The highest BCUT2D eigenvalue weighted by atomic mass is 35.5. The van der Waals surface area contributed by atoms with E-state index in [-0.39, 0.29) is 45.2 Å². The van der Waals surface area contributed by atoms with Crippen LogP contribution < -0.4 is 15.4 Å². The lowest BCUT2D eigenvalue weighted by Crippen LogP contribution is -2.55. The minimum Gasteiger partial charge on any atom is -0.494 e. The minimum absolute atomic E-state index is 0.0636. The first kappa shape index (κ1) is 30.4. The number of anilines is 1. The fourth-order valence-corrected chi connectivity index (χ4v) is 5.64. The van der Waals surface area contributed by atoms with Crippen LogP contribution >= 0.6 is 11.6 Å². The van der Waals surface area contributed by atoms with Crippen molar-refractivity contribution in [2.24, 2.45) is 13.0 Å². The monoisotopic (exact) mass is 616 g/mol. The van der Waals surface area contributed by atoms with Crippen LogP contribution in [-0.2, 0) is 11.8 Å². The Labute approximate surface area is 251 Å². The van der Waals surface area contributed by atoms with Gasteiger partial charge in [0.15, 0.2) is 17.4 Å². The van der Waals surface area contributed by atoms with Gasteiger partial charge in [-0.1, -0.05) is 11.6 Å². The molecule has 2 atom stereocenters. The van der Waals surface area contributed by atoms with E-state index in [1.807, 2.05) is 0 Å². The first-order chi connectivity index (χ1) is 20.6. The zero-order valence-corrected chi connectivity index (χ0v) is 24.3. The minimum atomic E-state index is -1.15. The molecule has 2 aliphatic rings. The molecule has 3 amide bonds. The van der Waals surface area contributed by atoms with E-state index in [4.69, 9.17) is 16.3 Å². The summed E-state index contributed by atoms with van der Waals surface area (Å²) in [6.07, 6.45) is 1.11. The molecular weight excluding hydrogens is 586 g/mol. The van der Waals surface area contributed by atoms with Crippen LogP contribution in [0.3, 0.4) is 0 Å². The Hall–Kier alpha value is -4.07. The Morgan fingerprint density at radius 2 is 1.81 bits per heavy atom. The van der Waals surface area contributed by atoms with Crippen LogP contribution in [0.15, 0.2) is 36.5 Å².